The van der Waals surface area contributed by atoms with Gasteiger partial charge in [0.1, 0.15) is 0 Å². The largest absolute Gasteiger partial charge is 0.416 e. The second-order valence-electron chi connectivity index (χ2n) is 6.28. The molecule has 0 bridgehead atoms. The molecule has 0 aliphatic rings. The van der Waals surface area contributed by atoms with Crippen molar-refractivity contribution >= 4 is 26.4 Å². The number of nitrogens with zero attached hydrogens (tertiary/aromatic N) is 1. The summed E-state index contributed by atoms with van der Waals surface area (Å²) in [5.74, 6) is -0.0725. The minimum absolute atomic E-state index is 0.0725. The molecule has 0 saturated heterocycles. The maximum absolute atomic E-state index is 12.9. The molecule has 0 radical (unpaired) electrons. The second kappa shape index (κ2) is 7.19. The SMILES string of the molecule is CS(=O)(=O)Cc1ccccc1CNc1ccnc2cc(C(F)(F)F)ccc12. The molecule has 3 aromatic rings. The lowest BCUT2D eigenvalue weighted by Crippen LogP contribution is -2.08. The Balaban J connectivity index is 1.88. The summed E-state index contributed by atoms with van der Waals surface area (Å²) in [5.41, 5.74) is 1.60. The normalized spacial score (nSPS) is 12.3. The van der Waals surface area contributed by atoms with Crippen molar-refractivity contribution in [1.82, 2.24) is 4.98 Å². The highest BCUT2D eigenvalue weighted by atomic mass is 32.2. The first kappa shape index (κ1) is 19.2. The number of pyridine rings is 1. The van der Waals surface area contributed by atoms with Crippen LogP contribution in [0.5, 0.6) is 0 Å². The van der Waals surface area contributed by atoms with Gasteiger partial charge in [-0.1, -0.05) is 30.3 Å². The highest BCUT2D eigenvalue weighted by molar-refractivity contribution is 7.89. The van der Waals surface area contributed by atoms with E-state index in [0.717, 1.165) is 17.7 Å². The third kappa shape index (κ3) is 4.77. The van der Waals surface area contributed by atoms with Gasteiger partial charge in [-0.3, -0.25) is 4.98 Å². The van der Waals surface area contributed by atoms with Crippen molar-refractivity contribution in [2.24, 2.45) is 0 Å². The lowest BCUT2D eigenvalue weighted by atomic mass is 10.1. The highest BCUT2D eigenvalue weighted by Gasteiger charge is 2.30. The van der Waals surface area contributed by atoms with Crippen LogP contribution in [0.15, 0.2) is 54.7 Å². The first-order valence-corrected chi connectivity index (χ1v) is 10.1. The Labute approximate surface area is 155 Å². The number of alkyl halides is 3. The fraction of sp³-hybridized carbons (Fsp3) is 0.211. The maximum atomic E-state index is 12.9. The zero-order chi connectivity index (χ0) is 19.7. The molecule has 0 aliphatic carbocycles. The van der Waals surface area contributed by atoms with Crippen LogP contribution in [0, 0.1) is 0 Å². The number of hydrogen-bond donors (Lipinski definition) is 1. The van der Waals surface area contributed by atoms with Gasteiger partial charge in [-0.15, -0.1) is 0 Å². The number of sulfone groups is 1. The molecule has 0 unspecified atom stereocenters. The molecule has 3 rings (SSSR count). The molecule has 1 heterocycles. The average Bonchev–Trinajstić information content (AvgIpc) is 2.58. The van der Waals surface area contributed by atoms with Gasteiger partial charge in [0.15, 0.2) is 9.84 Å². The summed E-state index contributed by atoms with van der Waals surface area (Å²) in [7, 11) is -3.18. The number of benzene rings is 2. The summed E-state index contributed by atoms with van der Waals surface area (Å²) in [4.78, 5) is 4.02. The Morgan fingerprint density at radius 2 is 1.74 bits per heavy atom. The summed E-state index contributed by atoms with van der Waals surface area (Å²) in [5, 5.41) is 3.73. The third-order valence-electron chi connectivity index (χ3n) is 4.08. The van der Waals surface area contributed by atoms with Crippen molar-refractivity contribution in [3.63, 3.8) is 0 Å². The number of rotatable bonds is 5. The number of halogens is 3. The molecule has 4 nitrogen and oxygen atoms in total. The Morgan fingerprint density at radius 1 is 1.04 bits per heavy atom. The Bertz CT molecular complexity index is 1080. The Hall–Kier alpha value is -2.61. The van der Waals surface area contributed by atoms with E-state index in [-0.39, 0.29) is 11.3 Å². The van der Waals surface area contributed by atoms with Crippen LogP contribution < -0.4 is 5.32 Å². The van der Waals surface area contributed by atoms with Crippen molar-refractivity contribution in [2.75, 3.05) is 11.6 Å². The number of hydrogen-bond acceptors (Lipinski definition) is 4. The maximum Gasteiger partial charge on any atom is 0.416 e. The predicted molar refractivity (Wildman–Crippen MR) is 99.1 cm³/mol. The molecule has 1 aromatic heterocycles. The van der Waals surface area contributed by atoms with E-state index in [1.54, 1.807) is 18.2 Å². The van der Waals surface area contributed by atoms with Crippen LogP contribution in [0.25, 0.3) is 10.9 Å². The number of nitrogens with one attached hydrogen (secondary N) is 1. The van der Waals surface area contributed by atoms with Gasteiger partial charge in [0.05, 0.1) is 16.8 Å². The van der Waals surface area contributed by atoms with Gasteiger partial charge in [-0.25, -0.2) is 8.42 Å². The zero-order valence-electron chi connectivity index (χ0n) is 14.4. The van der Waals surface area contributed by atoms with E-state index in [4.69, 9.17) is 0 Å². The van der Waals surface area contributed by atoms with Gasteiger partial charge in [-0.05, 0) is 29.3 Å². The minimum atomic E-state index is -4.43. The number of anilines is 1. The van der Waals surface area contributed by atoms with Crippen molar-refractivity contribution in [3.8, 4) is 0 Å². The lowest BCUT2D eigenvalue weighted by Gasteiger charge is -2.13. The first-order chi connectivity index (χ1) is 12.6. The number of fused-ring (bicyclic) bond motifs is 1. The number of aromatic nitrogens is 1. The van der Waals surface area contributed by atoms with Gasteiger partial charge in [0, 0.05) is 30.1 Å². The zero-order valence-corrected chi connectivity index (χ0v) is 15.2. The summed E-state index contributed by atoms with van der Waals surface area (Å²) >= 11 is 0. The summed E-state index contributed by atoms with van der Waals surface area (Å²) in [6, 6.07) is 12.2. The topological polar surface area (TPSA) is 59.1 Å². The van der Waals surface area contributed by atoms with Crippen LogP contribution in [-0.4, -0.2) is 19.7 Å². The molecule has 27 heavy (non-hydrogen) atoms. The van der Waals surface area contributed by atoms with E-state index in [1.165, 1.54) is 18.5 Å². The van der Waals surface area contributed by atoms with E-state index < -0.39 is 21.6 Å². The standard InChI is InChI=1S/C19H17F3N2O2S/c1-27(25,26)12-14-5-3-2-4-13(14)11-24-17-8-9-23-18-10-15(19(20,21)22)6-7-16(17)18/h2-10H,11-12H2,1H3,(H,23,24). The van der Waals surface area contributed by atoms with E-state index >= 15 is 0 Å². The molecule has 8 heteroatoms. The molecule has 0 saturated carbocycles. The second-order valence-corrected chi connectivity index (χ2v) is 8.42. The Morgan fingerprint density at radius 3 is 2.41 bits per heavy atom. The summed E-state index contributed by atoms with van der Waals surface area (Å²) in [6.45, 7) is 0.339. The fourth-order valence-electron chi connectivity index (χ4n) is 2.82. The van der Waals surface area contributed by atoms with Crippen LogP contribution in [0.3, 0.4) is 0 Å². The van der Waals surface area contributed by atoms with Gasteiger partial charge in [0.25, 0.3) is 0 Å². The molecule has 0 fully saturated rings. The van der Waals surface area contributed by atoms with Crippen LogP contribution in [0.1, 0.15) is 16.7 Å². The smallest absolute Gasteiger partial charge is 0.380 e. The monoisotopic (exact) mass is 394 g/mol. The molecule has 2 aromatic carbocycles. The quantitative estimate of drug-likeness (QED) is 0.696. The average molecular weight is 394 g/mol. The van der Waals surface area contributed by atoms with Crippen LogP contribution in [0.2, 0.25) is 0 Å². The molecule has 0 spiro atoms. The summed E-state index contributed by atoms with van der Waals surface area (Å²) in [6.07, 6.45) is -1.82. The molecule has 142 valence electrons. The first-order valence-electron chi connectivity index (χ1n) is 8.08. The predicted octanol–water partition coefficient (Wildman–Crippen LogP) is 4.41. The molecule has 0 amide bonds. The van der Waals surface area contributed by atoms with Gasteiger partial charge in [-0.2, -0.15) is 13.2 Å². The molecule has 0 aliphatic heterocycles. The Kier molecular flexibility index (Phi) is 5.10. The van der Waals surface area contributed by atoms with Crippen molar-refractivity contribution in [1.29, 1.82) is 0 Å². The summed E-state index contributed by atoms with van der Waals surface area (Å²) < 4.78 is 61.8. The lowest BCUT2D eigenvalue weighted by molar-refractivity contribution is -0.137. The van der Waals surface area contributed by atoms with Crippen LogP contribution >= 0.6 is 0 Å². The van der Waals surface area contributed by atoms with Crippen LogP contribution in [0.4, 0.5) is 18.9 Å². The third-order valence-corrected chi connectivity index (χ3v) is 4.91. The van der Waals surface area contributed by atoms with E-state index in [2.05, 4.69) is 10.3 Å². The van der Waals surface area contributed by atoms with Crippen molar-refractivity contribution < 1.29 is 21.6 Å². The van der Waals surface area contributed by atoms with Crippen molar-refractivity contribution in [3.05, 3.63) is 71.4 Å². The van der Waals surface area contributed by atoms with Crippen molar-refractivity contribution in [2.45, 2.75) is 18.5 Å². The van der Waals surface area contributed by atoms with Crippen LogP contribution in [-0.2, 0) is 28.3 Å². The molecular weight excluding hydrogens is 377 g/mol. The van der Waals surface area contributed by atoms with E-state index in [1.807, 2.05) is 12.1 Å². The molecule has 1 N–H and O–H groups in total. The van der Waals surface area contributed by atoms with Gasteiger partial charge >= 0.3 is 6.18 Å². The fourth-order valence-corrected chi connectivity index (χ4v) is 3.67. The highest BCUT2D eigenvalue weighted by Crippen LogP contribution is 2.32. The van der Waals surface area contributed by atoms with E-state index in [9.17, 15) is 21.6 Å². The molecular formula is C19H17F3N2O2S. The van der Waals surface area contributed by atoms with Gasteiger partial charge in [0.2, 0.25) is 0 Å². The minimum Gasteiger partial charge on any atom is -0.380 e. The van der Waals surface area contributed by atoms with Gasteiger partial charge < -0.3 is 5.32 Å². The molecule has 0 atom stereocenters. The van der Waals surface area contributed by atoms with E-state index in [0.29, 0.717) is 23.2 Å².